The van der Waals surface area contributed by atoms with Gasteiger partial charge in [-0.3, -0.25) is 14.1 Å². The summed E-state index contributed by atoms with van der Waals surface area (Å²) in [4.78, 5) is 24.1. The number of unbranched alkanes of at least 4 members (excludes halogenated alkanes) is 1. The molecule has 0 aliphatic heterocycles. The van der Waals surface area contributed by atoms with Crippen LogP contribution in [0.25, 0.3) is 0 Å². The van der Waals surface area contributed by atoms with Gasteiger partial charge < -0.3 is 9.47 Å². The Hall–Kier alpha value is -1.15. The maximum Gasteiger partial charge on any atom is 0.327 e. The lowest BCUT2D eigenvalue weighted by Gasteiger charge is -2.18. The first-order chi connectivity index (χ1) is 12.7. The van der Waals surface area contributed by atoms with E-state index in [1.807, 2.05) is 20.8 Å². The molecule has 0 heterocycles. The van der Waals surface area contributed by atoms with Crippen molar-refractivity contribution in [3.63, 3.8) is 0 Å². The van der Waals surface area contributed by atoms with Gasteiger partial charge in [0.1, 0.15) is 0 Å². The first kappa shape index (κ1) is 25.9. The van der Waals surface area contributed by atoms with Crippen LogP contribution in [0.4, 0.5) is 0 Å². The van der Waals surface area contributed by atoms with E-state index in [1.54, 1.807) is 0 Å². The van der Waals surface area contributed by atoms with Crippen molar-refractivity contribution in [1.29, 1.82) is 0 Å². The minimum absolute atomic E-state index is 0.0686. The molecule has 27 heavy (non-hydrogen) atoms. The predicted octanol–water partition coefficient (Wildman–Crippen LogP) is 3.76. The van der Waals surface area contributed by atoms with Crippen LogP contribution < -0.4 is 0 Å². The zero-order valence-electron chi connectivity index (χ0n) is 17.1. The van der Waals surface area contributed by atoms with Crippen molar-refractivity contribution in [3.8, 4) is 0 Å². The monoisotopic (exact) mass is 408 g/mol. The second kappa shape index (κ2) is 13.9. The maximum atomic E-state index is 12.1. The second-order valence-electron chi connectivity index (χ2n) is 7.00. The fourth-order valence-electron chi connectivity index (χ4n) is 2.74. The SMILES string of the molecule is CCCCC(CC)COC(=O)CC(C(=O)OCC(CC)CCC)S(=O)(=O)O. The fraction of sp³-hybridized carbons (Fsp3) is 0.895. The van der Waals surface area contributed by atoms with Gasteiger partial charge in [-0.25, -0.2) is 0 Å². The Balaban J connectivity index is 4.73. The molecular weight excluding hydrogens is 372 g/mol. The van der Waals surface area contributed by atoms with Crippen LogP contribution in [0.3, 0.4) is 0 Å². The van der Waals surface area contributed by atoms with E-state index in [1.165, 1.54) is 0 Å². The highest BCUT2D eigenvalue weighted by Gasteiger charge is 2.36. The molecule has 0 aromatic heterocycles. The molecule has 0 aromatic rings. The summed E-state index contributed by atoms with van der Waals surface area (Å²) in [5.74, 6) is -1.62. The van der Waals surface area contributed by atoms with Gasteiger partial charge in [-0.05, 0) is 24.7 Å². The summed E-state index contributed by atoms with van der Waals surface area (Å²) in [6.45, 7) is 8.27. The van der Waals surface area contributed by atoms with Gasteiger partial charge in [-0.1, -0.05) is 59.8 Å². The molecule has 0 aliphatic rings. The van der Waals surface area contributed by atoms with Gasteiger partial charge in [0.2, 0.25) is 0 Å². The van der Waals surface area contributed by atoms with Crippen LogP contribution in [0, 0.1) is 11.8 Å². The van der Waals surface area contributed by atoms with Gasteiger partial charge in [0, 0.05) is 0 Å². The minimum Gasteiger partial charge on any atom is -0.465 e. The van der Waals surface area contributed by atoms with E-state index in [0.29, 0.717) is 0 Å². The molecule has 0 amide bonds. The van der Waals surface area contributed by atoms with Crippen molar-refractivity contribution >= 4 is 22.1 Å². The Morgan fingerprint density at radius 2 is 1.44 bits per heavy atom. The number of carbonyl (C=O) groups is 2. The molecule has 0 radical (unpaired) electrons. The summed E-state index contributed by atoms with van der Waals surface area (Å²) in [7, 11) is -4.76. The number of carbonyl (C=O) groups excluding carboxylic acids is 2. The summed E-state index contributed by atoms with van der Waals surface area (Å²) < 4.78 is 42.6. The fourth-order valence-corrected chi connectivity index (χ4v) is 3.39. The summed E-state index contributed by atoms with van der Waals surface area (Å²) >= 11 is 0. The van der Waals surface area contributed by atoms with Gasteiger partial charge in [-0.2, -0.15) is 8.42 Å². The van der Waals surface area contributed by atoms with Crippen LogP contribution in [-0.4, -0.2) is 43.4 Å². The Morgan fingerprint density at radius 1 is 0.889 bits per heavy atom. The molecule has 0 aromatic carbocycles. The van der Waals surface area contributed by atoms with Crippen molar-refractivity contribution in [2.45, 2.75) is 84.3 Å². The average molecular weight is 409 g/mol. The molecule has 0 bridgehead atoms. The average Bonchev–Trinajstić information content (AvgIpc) is 2.62. The van der Waals surface area contributed by atoms with Crippen molar-refractivity contribution in [3.05, 3.63) is 0 Å². The molecule has 0 aliphatic carbocycles. The van der Waals surface area contributed by atoms with E-state index < -0.39 is 33.7 Å². The molecule has 0 fully saturated rings. The molecule has 1 N–H and O–H groups in total. The molecular formula is C19H36O7S. The highest BCUT2D eigenvalue weighted by molar-refractivity contribution is 7.87. The van der Waals surface area contributed by atoms with Crippen LogP contribution in [0.2, 0.25) is 0 Å². The quantitative estimate of drug-likeness (QED) is 0.325. The lowest BCUT2D eigenvalue weighted by Crippen LogP contribution is -2.35. The van der Waals surface area contributed by atoms with Crippen LogP contribution >= 0.6 is 0 Å². The topological polar surface area (TPSA) is 107 Å². The van der Waals surface area contributed by atoms with Crippen molar-refractivity contribution in [1.82, 2.24) is 0 Å². The molecule has 160 valence electrons. The maximum absolute atomic E-state index is 12.1. The Labute approximate surface area is 163 Å². The van der Waals surface area contributed by atoms with E-state index in [-0.39, 0.29) is 25.0 Å². The Kier molecular flexibility index (Phi) is 13.3. The summed E-state index contributed by atoms with van der Waals surface area (Å²) in [5, 5.41) is -1.94. The summed E-state index contributed by atoms with van der Waals surface area (Å²) in [6.07, 6.45) is 5.62. The van der Waals surface area contributed by atoms with Crippen molar-refractivity contribution in [2.24, 2.45) is 11.8 Å². The molecule has 0 saturated carbocycles. The van der Waals surface area contributed by atoms with E-state index >= 15 is 0 Å². The van der Waals surface area contributed by atoms with Gasteiger partial charge in [-0.15, -0.1) is 0 Å². The largest absolute Gasteiger partial charge is 0.465 e. The summed E-state index contributed by atoms with van der Waals surface area (Å²) in [5.41, 5.74) is 0. The summed E-state index contributed by atoms with van der Waals surface area (Å²) in [6, 6.07) is 0. The molecule has 0 saturated heterocycles. The zero-order chi connectivity index (χ0) is 20.9. The van der Waals surface area contributed by atoms with Gasteiger partial charge >= 0.3 is 11.9 Å². The molecule has 0 rings (SSSR count). The van der Waals surface area contributed by atoms with Crippen LogP contribution in [0.15, 0.2) is 0 Å². The zero-order valence-corrected chi connectivity index (χ0v) is 17.9. The van der Waals surface area contributed by atoms with Crippen molar-refractivity contribution < 1.29 is 32.0 Å². The number of hydrogen-bond donors (Lipinski definition) is 1. The Bertz CT molecular complexity index is 530. The third-order valence-corrected chi connectivity index (χ3v) is 5.81. The predicted molar refractivity (Wildman–Crippen MR) is 104 cm³/mol. The lowest BCUT2D eigenvalue weighted by atomic mass is 10.0. The molecule has 3 atom stereocenters. The van der Waals surface area contributed by atoms with Crippen LogP contribution in [0.5, 0.6) is 0 Å². The number of rotatable bonds is 15. The molecule has 3 unspecified atom stereocenters. The molecule has 7 nitrogen and oxygen atoms in total. The number of hydrogen-bond acceptors (Lipinski definition) is 6. The Morgan fingerprint density at radius 3 is 1.93 bits per heavy atom. The molecule has 8 heteroatoms. The van der Waals surface area contributed by atoms with Gasteiger partial charge in [0.05, 0.1) is 19.6 Å². The van der Waals surface area contributed by atoms with E-state index in [0.717, 1.165) is 44.9 Å². The third-order valence-electron chi connectivity index (χ3n) is 4.73. The van der Waals surface area contributed by atoms with Gasteiger partial charge in [0.25, 0.3) is 10.1 Å². The van der Waals surface area contributed by atoms with E-state index in [4.69, 9.17) is 9.47 Å². The van der Waals surface area contributed by atoms with E-state index in [9.17, 15) is 22.6 Å². The minimum atomic E-state index is -4.76. The highest BCUT2D eigenvalue weighted by Crippen LogP contribution is 2.16. The number of ether oxygens (including phenoxy) is 2. The van der Waals surface area contributed by atoms with Gasteiger partial charge in [0.15, 0.2) is 5.25 Å². The highest BCUT2D eigenvalue weighted by atomic mass is 32.2. The first-order valence-electron chi connectivity index (χ1n) is 9.97. The van der Waals surface area contributed by atoms with Crippen LogP contribution in [-0.2, 0) is 29.2 Å². The normalized spacial score (nSPS) is 15.0. The second-order valence-corrected chi connectivity index (χ2v) is 8.60. The standard InChI is InChI=1S/C19H36O7S/c1-5-9-11-16(8-4)13-25-18(20)12-17(27(22,23)24)19(21)26-14-15(7-3)10-6-2/h15-17H,5-14H2,1-4H3,(H,22,23,24). The van der Waals surface area contributed by atoms with Crippen LogP contribution in [0.1, 0.15) is 79.1 Å². The third kappa shape index (κ3) is 11.3. The number of esters is 2. The van der Waals surface area contributed by atoms with Crippen molar-refractivity contribution in [2.75, 3.05) is 13.2 Å². The first-order valence-corrected chi connectivity index (χ1v) is 11.5. The lowest BCUT2D eigenvalue weighted by molar-refractivity contribution is -0.151. The molecule has 0 spiro atoms. The smallest absolute Gasteiger partial charge is 0.327 e. The van der Waals surface area contributed by atoms with E-state index in [2.05, 4.69) is 6.92 Å².